The lowest BCUT2D eigenvalue weighted by molar-refractivity contribution is 0.556. The molecule has 2 heterocycles. The summed E-state index contributed by atoms with van der Waals surface area (Å²) in [7, 11) is 0. The van der Waals surface area contributed by atoms with Gasteiger partial charge in [-0.25, -0.2) is 0 Å². The molecule has 0 aliphatic carbocycles. The average Bonchev–Trinajstić information content (AvgIpc) is 3.26. The van der Waals surface area contributed by atoms with Crippen LogP contribution in [0, 0.1) is 0 Å². The van der Waals surface area contributed by atoms with Crippen LogP contribution >= 0.6 is 11.6 Å². The number of hydrogen-bond acceptors (Lipinski definition) is 3. The highest BCUT2D eigenvalue weighted by Crippen LogP contribution is 2.36. The van der Waals surface area contributed by atoms with Crippen LogP contribution in [0.2, 0.25) is 5.02 Å². The molecule has 0 spiro atoms. The van der Waals surface area contributed by atoms with Crippen LogP contribution in [0.25, 0.3) is 0 Å². The van der Waals surface area contributed by atoms with Gasteiger partial charge in [0.05, 0.1) is 18.0 Å². The predicted molar refractivity (Wildman–Crippen MR) is 93.0 cm³/mol. The van der Waals surface area contributed by atoms with E-state index in [0.29, 0.717) is 0 Å². The Morgan fingerprint density at radius 2 is 1.74 bits per heavy atom. The normalized spacial score (nSPS) is 17.3. The van der Waals surface area contributed by atoms with Gasteiger partial charge in [0.2, 0.25) is 0 Å². The first kappa shape index (κ1) is 14.1. The number of hydrogen-bond donors (Lipinski definition) is 0. The largest absolute Gasteiger partial charge is 0.463 e. The maximum absolute atomic E-state index is 6.02. The Hall–Kier alpha value is -2.52. The van der Waals surface area contributed by atoms with Gasteiger partial charge in [0.1, 0.15) is 11.5 Å². The molecule has 0 fully saturated rings. The number of rotatable bonds is 3. The van der Waals surface area contributed by atoms with Crippen molar-refractivity contribution in [1.29, 1.82) is 0 Å². The molecular weight excluding hydrogens is 308 g/mol. The van der Waals surface area contributed by atoms with Crippen LogP contribution in [0.3, 0.4) is 0 Å². The molecule has 1 aromatic heterocycles. The van der Waals surface area contributed by atoms with E-state index in [1.165, 1.54) is 5.56 Å². The highest BCUT2D eigenvalue weighted by atomic mass is 35.5. The molecule has 4 rings (SSSR count). The maximum Gasteiger partial charge on any atom is 0.149 e. The number of nitrogens with zero attached hydrogens (tertiary/aromatic N) is 2. The first-order valence-corrected chi connectivity index (χ1v) is 7.90. The summed E-state index contributed by atoms with van der Waals surface area (Å²) in [5.74, 6) is 0.822. The Kier molecular flexibility index (Phi) is 3.64. The third kappa shape index (κ3) is 2.76. The van der Waals surface area contributed by atoms with Crippen molar-refractivity contribution in [2.45, 2.75) is 12.5 Å². The van der Waals surface area contributed by atoms with Gasteiger partial charge >= 0.3 is 0 Å². The van der Waals surface area contributed by atoms with Gasteiger partial charge in [0.25, 0.3) is 0 Å². The fourth-order valence-electron chi connectivity index (χ4n) is 2.87. The number of benzene rings is 2. The molecule has 4 heteroatoms. The summed E-state index contributed by atoms with van der Waals surface area (Å²) in [5, 5.41) is 7.60. The molecule has 0 saturated carbocycles. The van der Waals surface area contributed by atoms with Gasteiger partial charge in [-0.15, -0.1) is 0 Å². The Morgan fingerprint density at radius 1 is 0.957 bits per heavy atom. The van der Waals surface area contributed by atoms with E-state index >= 15 is 0 Å². The highest BCUT2D eigenvalue weighted by Gasteiger charge is 2.30. The van der Waals surface area contributed by atoms with Crippen molar-refractivity contribution in [3.63, 3.8) is 0 Å². The van der Waals surface area contributed by atoms with E-state index in [1.54, 1.807) is 6.26 Å². The summed E-state index contributed by atoms with van der Waals surface area (Å²) in [6, 6.07) is 22.1. The minimum absolute atomic E-state index is 0.134. The Labute approximate surface area is 139 Å². The molecule has 0 bridgehead atoms. The standard InChI is InChI=1S/C19H15ClN2O/c20-15-10-8-14(9-11-15)18-13-17(19-7-4-12-23-19)21-22(18)16-5-2-1-3-6-16/h1-12,18H,13H2. The van der Waals surface area contributed by atoms with Crippen LogP contribution in [0.15, 0.2) is 82.5 Å². The third-order valence-electron chi connectivity index (χ3n) is 3.99. The first-order chi connectivity index (χ1) is 11.3. The Bertz CT molecular complexity index is 810. The molecular formula is C19H15ClN2O. The highest BCUT2D eigenvalue weighted by molar-refractivity contribution is 6.30. The number of halogens is 1. The van der Waals surface area contributed by atoms with E-state index in [1.807, 2.05) is 42.5 Å². The van der Waals surface area contributed by atoms with E-state index in [4.69, 9.17) is 21.1 Å². The van der Waals surface area contributed by atoms with Gasteiger partial charge in [-0.1, -0.05) is 41.9 Å². The van der Waals surface area contributed by atoms with Gasteiger partial charge in [-0.2, -0.15) is 5.10 Å². The maximum atomic E-state index is 6.02. The number of hydrazone groups is 1. The van der Waals surface area contributed by atoms with Crippen molar-refractivity contribution in [3.8, 4) is 0 Å². The average molecular weight is 323 g/mol. The summed E-state index contributed by atoms with van der Waals surface area (Å²) < 4.78 is 5.53. The Morgan fingerprint density at radius 3 is 2.43 bits per heavy atom. The predicted octanol–water partition coefficient (Wildman–Crippen LogP) is 5.29. The molecule has 23 heavy (non-hydrogen) atoms. The lowest BCUT2D eigenvalue weighted by atomic mass is 10.0. The minimum atomic E-state index is 0.134. The summed E-state index contributed by atoms with van der Waals surface area (Å²) in [6.07, 6.45) is 2.48. The number of furan rings is 1. The first-order valence-electron chi connectivity index (χ1n) is 7.52. The van der Waals surface area contributed by atoms with E-state index < -0.39 is 0 Å². The number of anilines is 1. The van der Waals surface area contributed by atoms with Crippen LogP contribution < -0.4 is 5.01 Å². The summed E-state index contributed by atoms with van der Waals surface area (Å²) in [5.41, 5.74) is 3.20. The van der Waals surface area contributed by atoms with Crippen LogP contribution in [0.4, 0.5) is 5.69 Å². The summed E-state index contributed by atoms with van der Waals surface area (Å²) in [4.78, 5) is 0. The van der Waals surface area contributed by atoms with E-state index in [9.17, 15) is 0 Å². The molecule has 1 aliphatic heterocycles. The quantitative estimate of drug-likeness (QED) is 0.655. The number of para-hydroxylation sites is 1. The summed E-state index contributed by atoms with van der Waals surface area (Å²) in [6.45, 7) is 0. The van der Waals surface area contributed by atoms with Crippen molar-refractivity contribution >= 4 is 23.0 Å². The van der Waals surface area contributed by atoms with E-state index in [-0.39, 0.29) is 6.04 Å². The van der Waals surface area contributed by atoms with Crippen LogP contribution in [0.1, 0.15) is 23.8 Å². The van der Waals surface area contributed by atoms with Crippen LogP contribution in [-0.2, 0) is 0 Å². The van der Waals surface area contributed by atoms with Crippen molar-refractivity contribution < 1.29 is 4.42 Å². The minimum Gasteiger partial charge on any atom is -0.463 e. The van der Waals surface area contributed by atoms with Gasteiger partial charge < -0.3 is 4.42 Å². The molecule has 0 radical (unpaired) electrons. The second kappa shape index (κ2) is 5.94. The fraction of sp³-hybridized carbons (Fsp3) is 0.105. The molecule has 1 aliphatic rings. The lowest BCUT2D eigenvalue weighted by Crippen LogP contribution is -2.18. The van der Waals surface area contributed by atoms with Gasteiger partial charge in [0, 0.05) is 11.4 Å². The van der Waals surface area contributed by atoms with Crippen molar-refractivity contribution in [1.82, 2.24) is 0 Å². The zero-order chi connectivity index (χ0) is 15.6. The second-order valence-electron chi connectivity index (χ2n) is 5.48. The SMILES string of the molecule is Clc1ccc(C2CC(c3ccco3)=NN2c2ccccc2)cc1. The second-order valence-corrected chi connectivity index (χ2v) is 5.91. The zero-order valence-corrected chi connectivity index (χ0v) is 13.1. The molecule has 1 unspecified atom stereocenters. The zero-order valence-electron chi connectivity index (χ0n) is 12.4. The molecule has 3 aromatic rings. The molecule has 3 nitrogen and oxygen atoms in total. The fourth-order valence-corrected chi connectivity index (χ4v) is 2.99. The van der Waals surface area contributed by atoms with E-state index in [0.717, 1.165) is 28.6 Å². The van der Waals surface area contributed by atoms with Crippen LogP contribution in [-0.4, -0.2) is 5.71 Å². The monoisotopic (exact) mass is 322 g/mol. The van der Waals surface area contributed by atoms with E-state index in [2.05, 4.69) is 29.3 Å². The molecule has 0 amide bonds. The molecule has 1 atom stereocenters. The summed E-state index contributed by atoms with van der Waals surface area (Å²) >= 11 is 6.02. The van der Waals surface area contributed by atoms with Gasteiger partial charge in [0.15, 0.2) is 0 Å². The van der Waals surface area contributed by atoms with Crippen molar-refractivity contribution in [2.24, 2.45) is 5.10 Å². The van der Waals surface area contributed by atoms with Crippen molar-refractivity contribution in [3.05, 3.63) is 89.3 Å². The Balaban J connectivity index is 1.74. The molecule has 0 N–H and O–H groups in total. The smallest absolute Gasteiger partial charge is 0.149 e. The molecule has 2 aromatic carbocycles. The van der Waals surface area contributed by atoms with Crippen LogP contribution in [0.5, 0.6) is 0 Å². The molecule has 114 valence electrons. The third-order valence-corrected chi connectivity index (χ3v) is 4.24. The molecule has 0 saturated heterocycles. The topological polar surface area (TPSA) is 28.7 Å². The lowest BCUT2D eigenvalue weighted by Gasteiger charge is -2.24. The van der Waals surface area contributed by atoms with Gasteiger partial charge in [-0.3, -0.25) is 5.01 Å². The van der Waals surface area contributed by atoms with Crippen molar-refractivity contribution in [2.75, 3.05) is 5.01 Å². The van der Waals surface area contributed by atoms with Gasteiger partial charge in [-0.05, 0) is 42.0 Å².